The standard InChI is InChI=1S/C3H7BCl2O3/c1-2-3-7-4(8-5)9-6/h2-3H2,1H3. The summed E-state index contributed by atoms with van der Waals surface area (Å²) in [6.45, 7) is 2.45. The van der Waals surface area contributed by atoms with E-state index in [0.717, 1.165) is 6.42 Å². The lowest BCUT2D eigenvalue weighted by Gasteiger charge is -2.02. The molecule has 0 rings (SSSR count). The maximum Gasteiger partial charge on any atom is 0.673 e. The van der Waals surface area contributed by atoms with Crippen LogP contribution in [0.25, 0.3) is 0 Å². The zero-order valence-corrected chi connectivity index (χ0v) is 6.48. The largest absolute Gasteiger partial charge is 0.673 e. The maximum atomic E-state index is 4.87. The Morgan fingerprint density at radius 3 is 2.22 bits per heavy atom. The van der Waals surface area contributed by atoms with Crippen molar-refractivity contribution in [3.8, 4) is 0 Å². The van der Waals surface area contributed by atoms with Crippen LogP contribution in [-0.4, -0.2) is 13.9 Å². The molecule has 0 aromatic rings. The molecule has 0 saturated heterocycles. The Bertz CT molecular complexity index is 61.0. The zero-order chi connectivity index (χ0) is 7.11. The molecule has 0 spiro atoms. The van der Waals surface area contributed by atoms with E-state index in [1.807, 2.05) is 6.92 Å². The van der Waals surface area contributed by atoms with Gasteiger partial charge in [-0.05, 0) is 6.42 Å². The molecule has 3 nitrogen and oxygen atoms in total. The summed E-state index contributed by atoms with van der Waals surface area (Å²) in [6.07, 6.45) is 0.858. The van der Waals surface area contributed by atoms with E-state index in [9.17, 15) is 0 Å². The van der Waals surface area contributed by atoms with Gasteiger partial charge in [0.25, 0.3) is 0 Å². The van der Waals surface area contributed by atoms with Crippen LogP contribution < -0.4 is 0 Å². The van der Waals surface area contributed by atoms with E-state index in [2.05, 4.69) is 8.41 Å². The Hall–Kier alpha value is 0.525. The topological polar surface area (TPSA) is 27.7 Å². The molecule has 0 bridgehead atoms. The van der Waals surface area contributed by atoms with E-state index in [0.29, 0.717) is 6.61 Å². The molecule has 0 aromatic heterocycles. The average Bonchev–Trinajstić information content (AvgIpc) is 1.91. The molecule has 0 radical (unpaired) electrons. The summed E-state index contributed by atoms with van der Waals surface area (Å²) in [4.78, 5) is 0. The summed E-state index contributed by atoms with van der Waals surface area (Å²) in [5.74, 6) is 0. The Labute approximate surface area is 64.7 Å². The summed E-state index contributed by atoms with van der Waals surface area (Å²) in [6, 6.07) is 0. The lowest BCUT2D eigenvalue weighted by molar-refractivity contribution is 0.212. The van der Waals surface area contributed by atoms with Crippen LogP contribution in [0.2, 0.25) is 0 Å². The van der Waals surface area contributed by atoms with Crippen LogP contribution in [0.5, 0.6) is 0 Å². The third-order valence-electron chi connectivity index (χ3n) is 0.604. The molecule has 6 heteroatoms. The van der Waals surface area contributed by atoms with Crippen LogP contribution >= 0.6 is 23.7 Å². The highest BCUT2D eigenvalue weighted by Gasteiger charge is 2.19. The second-order valence-corrected chi connectivity index (χ2v) is 1.69. The molecule has 0 amide bonds. The van der Waals surface area contributed by atoms with Gasteiger partial charge in [-0.15, -0.1) is 0 Å². The van der Waals surface area contributed by atoms with Gasteiger partial charge in [-0.25, -0.2) is 0 Å². The predicted octanol–water partition coefficient (Wildman–Crippen LogP) is 1.74. The minimum absolute atomic E-state index is 0.504. The van der Waals surface area contributed by atoms with Crippen LogP contribution in [0, 0.1) is 0 Å². The normalized spacial score (nSPS) is 9.67. The van der Waals surface area contributed by atoms with E-state index in [1.165, 1.54) is 0 Å². The van der Waals surface area contributed by atoms with Gasteiger partial charge in [-0.2, -0.15) is 0 Å². The van der Waals surface area contributed by atoms with Gasteiger partial charge in [-0.3, -0.25) is 8.41 Å². The molecule has 0 aliphatic heterocycles. The first-order valence-electron chi connectivity index (χ1n) is 2.51. The van der Waals surface area contributed by atoms with Gasteiger partial charge in [0.15, 0.2) is 0 Å². The van der Waals surface area contributed by atoms with Crippen LogP contribution in [0.3, 0.4) is 0 Å². The molecule has 0 aliphatic rings. The number of rotatable bonds is 5. The second kappa shape index (κ2) is 6.64. The molecular weight excluding hydrogens is 166 g/mol. The van der Waals surface area contributed by atoms with Crippen molar-refractivity contribution in [2.24, 2.45) is 0 Å². The van der Waals surface area contributed by atoms with Crippen molar-refractivity contribution in [3.05, 3.63) is 0 Å². The molecule has 9 heavy (non-hydrogen) atoms. The van der Waals surface area contributed by atoms with Crippen molar-refractivity contribution in [3.63, 3.8) is 0 Å². The fourth-order valence-electron chi connectivity index (χ4n) is 0.279. The Balaban J connectivity index is 3.09. The van der Waals surface area contributed by atoms with Crippen LogP contribution in [0.4, 0.5) is 0 Å². The second-order valence-electron chi connectivity index (χ2n) is 1.34. The lowest BCUT2D eigenvalue weighted by atomic mass is 10.2. The summed E-state index contributed by atoms with van der Waals surface area (Å²) in [7, 11) is -0.965. The van der Waals surface area contributed by atoms with Gasteiger partial charge in [-0.1, -0.05) is 6.92 Å². The Morgan fingerprint density at radius 1 is 1.33 bits per heavy atom. The fraction of sp³-hybridized carbons (Fsp3) is 1.00. The maximum absolute atomic E-state index is 4.87. The quantitative estimate of drug-likeness (QED) is 0.592. The molecular formula is C3H7BCl2O3. The highest BCUT2D eigenvalue weighted by atomic mass is 35.5. The molecule has 0 atom stereocenters. The first-order valence-corrected chi connectivity index (χ1v) is 3.13. The molecule has 0 saturated carbocycles. The van der Waals surface area contributed by atoms with Crippen molar-refractivity contribution in [1.29, 1.82) is 0 Å². The van der Waals surface area contributed by atoms with Gasteiger partial charge >= 0.3 is 7.32 Å². The van der Waals surface area contributed by atoms with Gasteiger partial charge in [0.1, 0.15) is 0 Å². The fourth-order valence-corrected chi connectivity index (χ4v) is 0.492. The van der Waals surface area contributed by atoms with E-state index in [4.69, 9.17) is 28.4 Å². The van der Waals surface area contributed by atoms with Crippen molar-refractivity contribution < 1.29 is 13.1 Å². The van der Waals surface area contributed by atoms with E-state index < -0.39 is 7.32 Å². The zero-order valence-electron chi connectivity index (χ0n) is 4.97. The molecule has 0 N–H and O–H groups in total. The molecule has 0 aromatic carbocycles. The van der Waals surface area contributed by atoms with Crippen molar-refractivity contribution in [1.82, 2.24) is 0 Å². The van der Waals surface area contributed by atoms with E-state index in [1.54, 1.807) is 0 Å². The first kappa shape index (κ1) is 9.52. The Kier molecular flexibility index (Phi) is 7.03. The molecule has 0 heterocycles. The predicted molar refractivity (Wildman–Crippen MR) is 35.9 cm³/mol. The molecule has 0 fully saturated rings. The van der Waals surface area contributed by atoms with Gasteiger partial charge in [0.2, 0.25) is 0 Å². The van der Waals surface area contributed by atoms with Gasteiger partial charge < -0.3 is 4.65 Å². The van der Waals surface area contributed by atoms with Crippen LogP contribution in [0.15, 0.2) is 0 Å². The smallest absolute Gasteiger partial charge is 0.384 e. The summed E-state index contributed by atoms with van der Waals surface area (Å²) in [5.41, 5.74) is 0. The monoisotopic (exact) mass is 172 g/mol. The minimum atomic E-state index is -0.965. The average molecular weight is 173 g/mol. The summed E-state index contributed by atoms with van der Waals surface area (Å²) >= 11 is 9.74. The lowest BCUT2D eigenvalue weighted by Crippen LogP contribution is -2.19. The van der Waals surface area contributed by atoms with E-state index >= 15 is 0 Å². The van der Waals surface area contributed by atoms with Crippen molar-refractivity contribution in [2.75, 3.05) is 6.61 Å². The molecule has 0 aliphatic carbocycles. The highest BCUT2D eigenvalue weighted by molar-refractivity contribution is 6.48. The molecule has 0 unspecified atom stereocenters. The van der Waals surface area contributed by atoms with Crippen molar-refractivity contribution >= 4 is 31.1 Å². The van der Waals surface area contributed by atoms with Gasteiger partial charge in [0, 0.05) is 30.3 Å². The molecule has 54 valence electrons. The summed E-state index contributed by atoms with van der Waals surface area (Å²) < 4.78 is 13.0. The minimum Gasteiger partial charge on any atom is -0.384 e. The SMILES string of the molecule is CCCOB(OCl)OCl. The Morgan fingerprint density at radius 2 is 1.89 bits per heavy atom. The van der Waals surface area contributed by atoms with Crippen molar-refractivity contribution in [2.45, 2.75) is 13.3 Å². The van der Waals surface area contributed by atoms with E-state index in [-0.39, 0.29) is 0 Å². The number of hydrogen-bond donors (Lipinski definition) is 0. The third kappa shape index (κ3) is 4.99. The first-order chi connectivity index (χ1) is 4.35. The van der Waals surface area contributed by atoms with Crippen LogP contribution in [-0.2, 0) is 13.1 Å². The van der Waals surface area contributed by atoms with Crippen LogP contribution in [0.1, 0.15) is 13.3 Å². The number of hydrogen-bond acceptors (Lipinski definition) is 3. The summed E-state index contributed by atoms with van der Waals surface area (Å²) in [5, 5.41) is 0. The third-order valence-corrected chi connectivity index (χ3v) is 0.894. The highest BCUT2D eigenvalue weighted by Crippen LogP contribution is 1.97. The van der Waals surface area contributed by atoms with Gasteiger partial charge in [0.05, 0.1) is 0 Å². The number of halogens is 2.